The number of carbonyl (C=O) groups is 2. The number of phenolic OH excluding ortho intramolecular Hbond substituents is 1. The van der Waals surface area contributed by atoms with Crippen molar-refractivity contribution in [2.75, 3.05) is 14.1 Å². The van der Waals surface area contributed by atoms with Crippen LogP contribution in [0.4, 0.5) is 0 Å². The van der Waals surface area contributed by atoms with E-state index in [0.717, 1.165) is 0 Å². The zero-order valence-corrected chi connectivity index (χ0v) is 18.1. The number of aromatic hydroxyl groups is 1. The number of nitrogens with two attached hydrogens (primary N) is 1. The van der Waals surface area contributed by atoms with Crippen LogP contribution < -0.4 is 5.73 Å². The second-order valence-corrected chi connectivity index (χ2v) is 9.22. The molecule has 1 aromatic carbocycles. The number of hydrogen-bond acceptors (Lipinski definition) is 10. The Hall–Kier alpha value is -2.96. The van der Waals surface area contributed by atoms with Crippen LogP contribution >= 0.6 is 0 Å². The number of Topliss-reactive ketones (excluding diaryl/α,β-unsaturated/α-hetero) is 1. The Kier molecular flexibility index (Phi) is 4.94. The summed E-state index contributed by atoms with van der Waals surface area (Å²) in [5, 5.41) is 77.3. The van der Waals surface area contributed by atoms with E-state index >= 15 is 0 Å². The van der Waals surface area contributed by atoms with Gasteiger partial charge < -0.3 is 46.4 Å². The lowest BCUT2D eigenvalue weighted by atomic mass is 9.53. The number of likely N-dealkylation sites (N-methyl/N-ethyl adjacent to an activating group) is 1. The van der Waals surface area contributed by atoms with Gasteiger partial charge in [0.25, 0.3) is 5.91 Å². The van der Waals surface area contributed by atoms with Gasteiger partial charge in [-0.3, -0.25) is 9.59 Å². The number of aliphatic hydroxyl groups excluding tert-OH is 4. The fourth-order valence-electron chi connectivity index (χ4n) is 5.80. The largest absolute Gasteiger partial charge is 0.508 e. The molecule has 9 N–H and O–H groups in total. The lowest BCUT2D eigenvalue weighted by Gasteiger charge is -2.56. The van der Waals surface area contributed by atoms with Crippen LogP contribution in [0.1, 0.15) is 18.1 Å². The predicted octanol–water partition coefficient (Wildman–Crippen LogP) is -1.61. The van der Waals surface area contributed by atoms with Crippen molar-refractivity contribution in [1.82, 2.24) is 4.90 Å². The maximum atomic E-state index is 13.7. The molecule has 1 unspecified atom stereocenters. The molecule has 0 spiro atoms. The number of nitrogens with zero attached hydrogens (tertiary/aromatic N) is 1. The molecule has 0 aliphatic heterocycles. The van der Waals surface area contributed by atoms with Gasteiger partial charge in [0.15, 0.2) is 5.60 Å². The zero-order valence-electron chi connectivity index (χ0n) is 18.1. The fourth-order valence-corrected chi connectivity index (χ4v) is 5.80. The monoisotopic (exact) mass is 462 g/mol. The average Bonchev–Trinajstić information content (AvgIpc) is 2.70. The predicted molar refractivity (Wildman–Crippen MR) is 113 cm³/mol. The molecule has 33 heavy (non-hydrogen) atoms. The van der Waals surface area contributed by atoms with Crippen molar-refractivity contribution < 1.29 is 45.3 Å². The molecule has 1 aromatic rings. The minimum absolute atomic E-state index is 0.0291. The molecular weight excluding hydrogens is 436 g/mol. The van der Waals surface area contributed by atoms with Gasteiger partial charge in [-0.1, -0.05) is 12.1 Å². The first kappa shape index (κ1) is 23.2. The van der Waals surface area contributed by atoms with Gasteiger partial charge in [0.1, 0.15) is 23.4 Å². The number of phenols is 1. The Morgan fingerprint density at radius 1 is 1.12 bits per heavy atom. The van der Waals surface area contributed by atoms with Gasteiger partial charge >= 0.3 is 0 Å². The molecule has 1 fully saturated rings. The van der Waals surface area contributed by atoms with E-state index in [-0.39, 0.29) is 11.1 Å². The van der Waals surface area contributed by atoms with Gasteiger partial charge in [0, 0.05) is 12.0 Å². The van der Waals surface area contributed by atoms with Crippen LogP contribution in [0.3, 0.4) is 0 Å². The van der Waals surface area contributed by atoms with Gasteiger partial charge in [-0.2, -0.15) is 0 Å². The number of primary amides is 1. The number of fused-ring (bicyclic) bond motifs is 3. The molecule has 11 nitrogen and oxygen atoms in total. The molecule has 178 valence electrons. The first-order valence-corrected chi connectivity index (χ1v) is 10.2. The number of ketones is 1. The van der Waals surface area contributed by atoms with E-state index in [4.69, 9.17) is 5.73 Å². The maximum absolute atomic E-state index is 13.7. The smallest absolute Gasteiger partial charge is 0.250 e. The lowest BCUT2D eigenvalue weighted by Crippen LogP contribution is -2.72. The summed E-state index contributed by atoms with van der Waals surface area (Å²) in [6, 6.07) is 2.74. The van der Waals surface area contributed by atoms with Crippen LogP contribution in [0.2, 0.25) is 0 Å². The van der Waals surface area contributed by atoms with E-state index in [9.17, 15) is 45.3 Å². The van der Waals surface area contributed by atoms with Gasteiger partial charge in [-0.25, -0.2) is 0 Å². The minimum atomic E-state index is -2.96. The summed E-state index contributed by atoms with van der Waals surface area (Å²) < 4.78 is 0. The lowest BCUT2D eigenvalue weighted by molar-refractivity contribution is -0.187. The highest BCUT2D eigenvalue weighted by Crippen LogP contribution is 2.57. The summed E-state index contributed by atoms with van der Waals surface area (Å²) in [5.41, 5.74) is -1.36. The van der Waals surface area contributed by atoms with Crippen molar-refractivity contribution in [2.45, 2.75) is 36.4 Å². The van der Waals surface area contributed by atoms with Crippen LogP contribution in [-0.4, -0.2) is 90.3 Å². The summed E-state index contributed by atoms with van der Waals surface area (Å²) >= 11 is 0. The first-order chi connectivity index (χ1) is 15.2. The van der Waals surface area contributed by atoms with Gasteiger partial charge in [0.2, 0.25) is 5.78 Å². The van der Waals surface area contributed by atoms with E-state index < -0.39 is 81.4 Å². The molecule has 0 bridgehead atoms. The topological polar surface area (TPSA) is 205 Å². The van der Waals surface area contributed by atoms with E-state index in [1.54, 1.807) is 0 Å². The van der Waals surface area contributed by atoms with Crippen LogP contribution in [0.15, 0.2) is 35.1 Å². The number of rotatable bonds is 2. The molecule has 0 aromatic heterocycles. The Labute approximate surface area is 188 Å². The molecule has 1 amide bonds. The third-order valence-corrected chi connectivity index (χ3v) is 7.24. The van der Waals surface area contributed by atoms with Crippen LogP contribution in [0, 0.1) is 11.8 Å². The van der Waals surface area contributed by atoms with Crippen molar-refractivity contribution in [3.8, 4) is 5.75 Å². The Morgan fingerprint density at radius 2 is 1.73 bits per heavy atom. The summed E-state index contributed by atoms with van der Waals surface area (Å²) in [6.07, 6.45) is -3.59. The van der Waals surface area contributed by atoms with Crippen molar-refractivity contribution in [1.29, 1.82) is 0 Å². The number of aliphatic hydroxyl groups is 6. The van der Waals surface area contributed by atoms with Crippen LogP contribution in [0.5, 0.6) is 5.75 Å². The van der Waals surface area contributed by atoms with Gasteiger partial charge in [0.05, 0.1) is 34.3 Å². The second kappa shape index (κ2) is 7.02. The molecule has 0 radical (unpaired) electrons. The van der Waals surface area contributed by atoms with Crippen LogP contribution in [0.25, 0.3) is 5.76 Å². The standard InChI is InChI=1S/C22H26N2O9/c1-21(32)7-5-4-6-8(25)9(7)15(26)10-12(21)17(28)13-14(24(2)3)16(27)11(20(23)31)19(30)22(13,33)18(10)29/h4-6,12-14,16-17,25-28,30,32-33H,1-3H3,(H2,23,31)/t12-,13-,14+,16?,17+,21-,22+/m1/s1. The highest BCUT2D eigenvalue weighted by atomic mass is 16.4. The second-order valence-electron chi connectivity index (χ2n) is 9.22. The number of amides is 1. The Bertz CT molecular complexity index is 1140. The highest BCUT2D eigenvalue weighted by Gasteiger charge is 2.69. The van der Waals surface area contributed by atoms with Gasteiger partial charge in [-0.15, -0.1) is 0 Å². The van der Waals surface area contributed by atoms with E-state index in [0.29, 0.717) is 0 Å². The first-order valence-electron chi connectivity index (χ1n) is 10.2. The number of hydrogen-bond donors (Lipinski definition) is 8. The van der Waals surface area contributed by atoms with Crippen LogP contribution in [-0.2, 0) is 15.2 Å². The molecule has 7 atom stereocenters. The SMILES string of the molecule is CN(C)[C@@H]1C(O)C(C(N)=O)=C(O)[C@@]2(O)C(=O)C3=C(O)c4c(O)cccc4[C@@](C)(O)[C@H]3[C@H](O)[C@@H]12. The fraction of sp³-hybridized carbons (Fsp3) is 0.455. The molecule has 1 saturated carbocycles. The summed E-state index contributed by atoms with van der Waals surface area (Å²) in [7, 11) is 2.92. The quantitative estimate of drug-likeness (QED) is 0.252. The van der Waals surface area contributed by atoms with Crippen molar-refractivity contribution in [3.05, 3.63) is 46.2 Å². The van der Waals surface area contributed by atoms with Crippen molar-refractivity contribution >= 4 is 17.4 Å². The maximum Gasteiger partial charge on any atom is 0.250 e. The molecule has 3 aliphatic carbocycles. The normalized spacial score (nSPS) is 38.2. The zero-order chi connectivity index (χ0) is 24.8. The van der Waals surface area contributed by atoms with Crippen molar-refractivity contribution in [2.24, 2.45) is 17.6 Å². The minimum Gasteiger partial charge on any atom is -0.508 e. The molecule has 4 rings (SSSR count). The summed E-state index contributed by atoms with van der Waals surface area (Å²) in [4.78, 5) is 27.1. The molecule has 0 heterocycles. The number of benzene rings is 1. The van der Waals surface area contributed by atoms with E-state index in [1.807, 2.05) is 0 Å². The summed E-state index contributed by atoms with van der Waals surface area (Å²) in [6.45, 7) is 1.28. The average molecular weight is 462 g/mol. The van der Waals surface area contributed by atoms with Crippen molar-refractivity contribution in [3.63, 3.8) is 0 Å². The Balaban J connectivity index is 2.09. The van der Waals surface area contributed by atoms with E-state index in [2.05, 4.69) is 0 Å². The van der Waals surface area contributed by atoms with Gasteiger partial charge in [-0.05, 0) is 32.6 Å². The highest BCUT2D eigenvalue weighted by molar-refractivity contribution is 6.12. The molecular formula is C22H26N2O9. The molecule has 0 saturated heterocycles. The Morgan fingerprint density at radius 3 is 2.27 bits per heavy atom. The molecule has 11 heteroatoms. The number of carbonyl (C=O) groups excluding carboxylic acids is 2. The third kappa shape index (κ3) is 2.68. The summed E-state index contributed by atoms with van der Waals surface area (Å²) in [5.74, 6) is -8.24. The van der Waals surface area contributed by atoms with E-state index in [1.165, 1.54) is 44.1 Å². The molecule has 3 aliphatic rings. The third-order valence-electron chi connectivity index (χ3n) is 7.24.